The van der Waals surface area contributed by atoms with Gasteiger partial charge in [0.1, 0.15) is 5.60 Å². The van der Waals surface area contributed by atoms with E-state index in [0.717, 1.165) is 18.5 Å². The summed E-state index contributed by atoms with van der Waals surface area (Å²) in [6, 6.07) is 8.08. The third-order valence-corrected chi connectivity index (χ3v) is 3.37. The zero-order chi connectivity index (χ0) is 14.6. The smallest absolute Gasteiger partial charge is 0.258 e. The van der Waals surface area contributed by atoms with E-state index in [0.29, 0.717) is 11.7 Å². The summed E-state index contributed by atoms with van der Waals surface area (Å²) in [4.78, 5) is 4.47. The fraction of sp³-hybridized carbons (Fsp3) is 0.467. The molecule has 0 aliphatic carbocycles. The zero-order valence-corrected chi connectivity index (χ0v) is 12.4. The first-order valence-electron chi connectivity index (χ1n) is 6.70. The summed E-state index contributed by atoms with van der Waals surface area (Å²) in [6.45, 7) is 4.73. The molecule has 1 aromatic carbocycles. The molecule has 0 fully saturated rings. The number of nitrogens with one attached hydrogen (secondary N) is 1. The normalized spacial score (nSPS) is 11.8. The van der Waals surface area contributed by atoms with Crippen LogP contribution in [0.1, 0.15) is 25.2 Å². The summed E-state index contributed by atoms with van der Waals surface area (Å²) in [5.41, 5.74) is 1.61. The lowest BCUT2D eigenvalue weighted by Crippen LogP contribution is -2.21. The molecule has 0 saturated carbocycles. The SMILES string of the molecule is CNCCc1ccccc1-c1nc(C(C)(C)OC)no1. The minimum Gasteiger partial charge on any atom is -0.371 e. The molecule has 5 heteroatoms. The van der Waals surface area contributed by atoms with Crippen LogP contribution in [0.4, 0.5) is 0 Å². The Bertz CT molecular complexity index is 564. The molecule has 1 heterocycles. The Morgan fingerprint density at radius 2 is 2.05 bits per heavy atom. The maximum Gasteiger partial charge on any atom is 0.258 e. The summed E-state index contributed by atoms with van der Waals surface area (Å²) < 4.78 is 10.8. The van der Waals surface area contributed by atoms with Gasteiger partial charge in [-0.05, 0) is 45.5 Å². The molecule has 1 aromatic heterocycles. The van der Waals surface area contributed by atoms with Crippen molar-refractivity contribution in [1.29, 1.82) is 0 Å². The molecular formula is C15H21N3O2. The maximum absolute atomic E-state index is 5.40. The quantitative estimate of drug-likeness (QED) is 0.877. The lowest BCUT2D eigenvalue weighted by Gasteiger charge is -2.17. The van der Waals surface area contributed by atoms with E-state index in [-0.39, 0.29) is 0 Å². The molecule has 2 aromatic rings. The second-order valence-corrected chi connectivity index (χ2v) is 5.15. The number of ether oxygens (including phenoxy) is 1. The van der Waals surface area contributed by atoms with Crippen molar-refractivity contribution < 1.29 is 9.26 Å². The molecule has 2 rings (SSSR count). The lowest BCUT2D eigenvalue weighted by atomic mass is 10.0. The predicted molar refractivity (Wildman–Crippen MR) is 77.4 cm³/mol. The minimum atomic E-state index is -0.554. The van der Waals surface area contributed by atoms with Crippen molar-refractivity contribution in [2.75, 3.05) is 20.7 Å². The largest absolute Gasteiger partial charge is 0.371 e. The summed E-state index contributed by atoms with van der Waals surface area (Å²) in [7, 11) is 3.57. The van der Waals surface area contributed by atoms with Gasteiger partial charge in [-0.3, -0.25) is 0 Å². The number of methoxy groups -OCH3 is 1. The molecule has 108 valence electrons. The Hall–Kier alpha value is -1.72. The van der Waals surface area contributed by atoms with Crippen molar-refractivity contribution in [3.05, 3.63) is 35.7 Å². The van der Waals surface area contributed by atoms with E-state index in [2.05, 4.69) is 21.5 Å². The van der Waals surface area contributed by atoms with Crippen LogP contribution in [-0.4, -0.2) is 30.8 Å². The average molecular weight is 275 g/mol. The first-order chi connectivity index (χ1) is 9.58. The predicted octanol–water partition coefficient (Wildman–Crippen LogP) is 2.38. The molecule has 20 heavy (non-hydrogen) atoms. The van der Waals surface area contributed by atoms with Gasteiger partial charge in [-0.15, -0.1) is 0 Å². The second kappa shape index (κ2) is 6.15. The molecule has 0 aliphatic rings. The molecular weight excluding hydrogens is 254 g/mol. The van der Waals surface area contributed by atoms with Crippen LogP contribution < -0.4 is 5.32 Å². The fourth-order valence-electron chi connectivity index (χ4n) is 1.88. The molecule has 5 nitrogen and oxygen atoms in total. The van der Waals surface area contributed by atoms with Gasteiger partial charge in [0.05, 0.1) is 0 Å². The van der Waals surface area contributed by atoms with Gasteiger partial charge >= 0.3 is 0 Å². The number of hydrogen-bond acceptors (Lipinski definition) is 5. The summed E-state index contributed by atoms with van der Waals surface area (Å²) in [5, 5.41) is 7.18. The number of hydrogen-bond donors (Lipinski definition) is 1. The highest BCUT2D eigenvalue weighted by molar-refractivity contribution is 5.58. The Labute approximate surface area is 119 Å². The van der Waals surface area contributed by atoms with Crippen LogP contribution in [0.25, 0.3) is 11.5 Å². The van der Waals surface area contributed by atoms with Gasteiger partial charge < -0.3 is 14.6 Å². The van der Waals surface area contributed by atoms with Crippen LogP contribution in [0.15, 0.2) is 28.8 Å². The highest BCUT2D eigenvalue weighted by atomic mass is 16.5. The van der Waals surface area contributed by atoms with E-state index in [9.17, 15) is 0 Å². The number of benzene rings is 1. The Morgan fingerprint density at radius 3 is 2.75 bits per heavy atom. The van der Waals surface area contributed by atoms with E-state index < -0.39 is 5.60 Å². The second-order valence-electron chi connectivity index (χ2n) is 5.15. The van der Waals surface area contributed by atoms with Crippen LogP contribution >= 0.6 is 0 Å². The number of nitrogens with zero attached hydrogens (tertiary/aromatic N) is 2. The number of likely N-dealkylation sites (N-methyl/N-ethyl adjacent to an activating group) is 1. The lowest BCUT2D eigenvalue weighted by molar-refractivity contribution is 0.00973. The molecule has 0 aliphatic heterocycles. The van der Waals surface area contributed by atoms with Crippen molar-refractivity contribution in [1.82, 2.24) is 15.5 Å². The number of rotatable bonds is 6. The molecule has 0 spiro atoms. The summed E-state index contributed by atoms with van der Waals surface area (Å²) >= 11 is 0. The topological polar surface area (TPSA) is 60.2 Å². The molecule has 0 unspecified atom stereocenters. The average Bonchev–Trinajstić information content (AvgIpc) is 2.96. The van der Waals surface area contributed by atoms with Crippen molar-refractivity contribution >= 4 is 0 Å². The van der Waals surface area contributed by atoms with E-state index >= 15 is 0 Å². The van der Waals surface area contributed by atoms with Crippen LogP contribution in [0.3, 0.4) is 0 Å². The summed E-state index contributed by atoms with van der Waals surface area (Å²) in [5.74, 6) is 1.09. The van der Waals surface area contributed by atoms with Gasteiger partial charge in [0.25, 0.3) is 5.89 Å². The zero-order valence-electron chi connectivity index (χ0n) is 12.4. The van der Waals surface area contributed by atoms with Gasteiger partial charge in [0.2, 0.25) is 5.82 Å². The van der Waals surface area contributed by atoms with E-state index in [4.69, 9.17) is 9.26 Å². The van der Waals surface area contributed by atoms with Crippen molar-refractivity contribution in [2.45, 2.75) is 25.9 Å². The van der Waals surface area contributed by atoms with Gasteiger partial charge in [0.15, 0.2) is 0 Å². The van der Waals surface area contributed by atoms with Gasteiger partial charge in [-0.2, -0.15) is 4.98 Å². The van der Waals surface area contributed by atoms with Crippen LogP contribution in [0.5, 0.6) is 0 Å². The third-order valence-electron chi connectivity index (χ3n) is 3.37. The molecule has 0 bridgehead atoms. The molecule has 0 atom stereocenters. The van der Waals surface area contributed by atoms with Crippen molar-refractivity contribution in [2.24, 2.45) is 0 Å². The van der Waals surface area contributed by atoms with Crippen LogP contribution in [0, 0.1) is 0 Å². The summed E-state index contributed by atoms with van der Waals surface area (Å²) in [6.07, 6.45) is 0.915. The highest BCUT2D eigenvalue weighted by Crippen LogP contribution is 2.26. The first-order valence-corrected chi connectivity index (χ1v) is 6.70. The fourth-order valence-corrected chi connectivity index (χ4v) is 1.88. The minimum absolute atomic E-state index is 0.539. The molecule has 1 N–H and O–H groups in total. The van der Waals surface area contributed by atoms with Crippen LogP contribution in [0.2, 0.25) is 0 Å². The number of aromatic nitrogens is 2. The van der Waals surface area contributed by atoms with Crippen molar-refractivity contribution in [3.8, 4) is 11.5 Å². The van der Waals surface area contributed by atoms with Crippen molar-refractivity contribution in [3.63, 3.8) is 0 Å². The van der Waals surface area contributed by atoms with E-state index in [1.807, 2.05) is 39.1 Å². The molecule has 0 radical (unpaired) electrons. The first kappa shape index (κ1) is 14.7. The maximum atomic E-state index is 5.40. The monoisotopic (exact) mass is 275 g/mol. The van der Waals surface area contributed by atoms with Crippen LogP contribution in [-0.2, 0) is 16.8 Å². The van der Waals surface area contributed by atoms with E-state index in [1.54, 1.807) is 7.11 Å². The molecule has 0 saturated heterocycles. The third kappa shape index (κ3) is 3.05. The highest BCUT2D eigenvalue weighted by Gasteiger charge is 2.26. The standard InChI is InChI=1S/C15H21N3O2/c1-15(2,19-4)14-17-13(20-18-14)12-8-6-5-7-11(12)9-10-16-3/h5-8,16H,9-10H2,1-4H3. The molecule has 0 amide bonds. The van der Waals surface area contributed by atoms with Gasteiger partial charge in [0, 0.05) is 12.7 Å². The Kier molecular flexibility index (Phi) is 4.52. The Morgan fingerprint density at radius 1 is 1.30 bits per heavy atom. The van der Waals surface area contributed by atoms with Gasteiger partial charge in [-0.1, -0.05) is 23.4 Å². The van der Waals surface area contributed by atoms with Gasteiger partial charge in [-0.25, -0.2) is 0 Å². The van der Waals surface area contributed by atoms with E-state index in [1.165, 1.54) is 5.56 Å². The Balaban J connectivity index is 2.33.